The first-order chi connectivity index (χ1) is 10.4. The van der Waals surface area contributed by atoms with Gasteiger partial charge in [0.2, 0.25) is 0 Å². The molecule has 2 heteroatoms. The van der Waals surface area contributed by atoms with Crippen LogP contribution >= 0.6 is 0 Å². The number of nitrogens with one attached hydrogen (secondary N) is 1. The summed E-state index contributed by atoms with van der Waals surface area (Å²) >= 11 is 0. The zero-order valence-electron chi connectivity index (χ0n) is 12.6. The molecule has 1 atom stereocenters. The Kier molecular flexibility index (Phi) is 4.56. The molecule has 0 radical (unpaired) electrons. The highest BCUT2D eigenvalue weighted by molar-refractivity contribution is 5.33. The van der Waals surface area contributed by atoms with Crippen molar-refractivity contribution >= 4 is 0 Å². The second-order valence-corrected chi connectivity index (χ2v) is 5.60. The van der Waals surface area contributed by atoms with E-state index in [1.54, 1.807) is 0 Å². The normalized spacial score (nSPS) is 17.3. The van der Waals surface area contributed by atoms with Gasteiger partial charge in [-0.1, -0.05) is 36.4 Å². The van der Waals surface area contributed by atoms with Gasteiger partial charge in [0.25, 0.3) is 0 Å². The fourth-order valence-corrected chi connectivity index (χ4v) is 3.12. The van der Waals surface area contributed by atoms with Gasteiger partial charge in [0, 0.05) is 12.6 Å². The lowest BCUT2D eigenvalue weighted by Gasteiger charge is -2.26. The number of aryl methyl sites for hydroxylation is 1. The van der Waals surface area contributed by atoms with E-state index in [4.69, 9.17) is 4.74 Å². The molecule has 1 N–H and O–H groups in total. The van der Waals surface area contributed by atoms with E-state index in [9.17, 15) is 0 Å². The lowest BCUT2D eigenvalue weighted by Crippen LogP contribution is -2.24. The molecule has 3 rings (SSSR count). The summed E-state index contributed by atoms with van der Waals surface area (Å²) in [5.41, 5.74) is 4.26. The van der Waals surface area contributed by atoms with Gasteiger partial charge in [-0.3, -0.25) is 0 Å². The van der Waals surface area contributed by atoms with Crippen LogP contribution < -0.4 is 10.1 Å². The summed E-state index contributed by atoms with van der Waals surface area (Å²) in [6.07, 6.45) is 3.71. The van der Waals surface area contributed by atoms with Crippen LogP contribution in [0.15, 0.2) is 48.5 Å². The van der Waals surface area contributed by atoms with Crippen LogP contribution in [-0.2, 0) is 13.0 Å². The third-order valence-corrected chi connectivity index (χ3v) is 4.13. The van der Waals surface area contributed by atoms with Gasteiger partial charge in [0.05, 0.1) is 6.61 Å². The number of ether oxygens (including phenoxy) is 1. The number of fused-ring (bicyclic) bond motifs is 1. The molecule has 21 heavy (non-hydrogen) atoms. The van der Waals surface area contributed by atoms with Gasteiger partial charge in [-0.25, -0.2) is 0 Å². The first-order valence-electron chi connectivity index (χ1n) is 7.89. The van der Waals surface area contributed by atoms with Crippen LogP contribution in [-0.4, -0.2) is 6.61 Å². The molecule has 110 valence electrons. The molecular weight excluding hydrogens is 258 g/mol. The lowest BCUT2D eigenvalue weighted by atomic mass is 9.87. The van der Waals surface area contributed by atoms with Crippen LogP contribution in [0, 0.1) is 0 Å². The number of benzene rings is 2. The second-order valence-electron chi connectivity index (χ2n) is 5.60. The molecule has 0 aliphatic heterocycles. The summed E-state index contributed by atoms with van der Waals surface area (Å²) in [6.45, 7) is 3.62. The quantitative estimate of drug-likeness (QED) is 0.884. The molecule has 2 nitrogen and oxygen atoms in total. The molecule has 2 aromatic rings. The monoisotopic (exact) mass is 281 g/mol. The highest BCUT2D eigenvalue weighted by Gasteiger charge is 2.18. The van der Waals surface area contributed by atoms with Crippen LogP contribution in [0.25, 0.3) is 0 Å². The predicted octanol–water partition coefficient (Wildman–Crippen LogP) is 4.25. The van der Waals surface area contributed by atoms with Crippen molar-refractivity contribution in [2.24, 2.45) is 0 Å². The first-order valence-corrected chi connectivity index (χ1v) is 7.89. The second kappa shape index (κ2) is 6.77. The van der Waals surface area contributed by atoms with Crippen molar-refractivity contribution in [2.45, 2.75) is 38.8 Å². The van der Waals surface area contributed by atoms with Gasteiger partial charge in [-0.15, -0.1) is 0 Å². The smallest absolute Gasteiger partial charge is 0.119 e. The van der Waals surface area contributed by atoms with Gasteiger partial charge < -0.3 is 10.1 Å². The highest BCUT2D eigenvalue weighted by atomic mass is 16.5. The van der Waals surface area contributed by atoms with Gasteiger partial charge in [-0.05, 0) is 55.0 Å². The minimum absolute atomic E-state index is 0.477. The Morgan fingerprint density at radius 3 is 2.95 bits per heavy atom. The number of hydrogen-bond donors (Lipinski definition) is 1. The van der Waals surface area contributed by atoms with Gasteiger partial charge in [-0.2, -0.15) is 0 Å². The lowest BCUT2D eigenvalue weighted by molar-refractivity contribution is 0.339. The molecule has 0 fully saturated rings. The SMILES string of the molecule is CCOc1cccc(CNC2CCCc3ccccc32)c1. The van der Waals surface area contributed by atoms with E-state index < -0.39 is 0 Å². The zero-order valence-corrected chi connectivity index (χ0v) is 12.6. The molecule has 0 saturated heterocycles. The standard InChI is InChI=1S/C19H23NO/c1-2-21-17-10-5-7-15(13-17)14-20-19-12-6-9-16-8-3-4-11-18(16)19/h3-5,7-8,10-11,13,19-20H,2,6,9,12,14H2,1H3. The average Bonchev–Trinajstić information content (AvgIpc) is 2.53. The fourth-order valence-electron chi connectivity index (χ4n) is 3.12. The van der Waals surface area contributed by atoms with Crippen molar-refractivity contribution in [2.75, 3.05) is 6.61 Å². The van der Waals surface area contributed by atoms with Gasteiger partial charge in [0.1, 0.15) is 5.75 Å². The van der Waals surface area contributed by atoms with E-state index in [0.29, 0.717) is 12.6 Å². The van der Waals surface area contributed by atoms with Gasteiger partial charge >= 0.3 is 0 Å². The maximum Gasteiger partial charge on any atom is 0.119 e. The predicted molar refractivity (Wildman–Crippen MR) is 86.6 cm³/mol. The highest BCUT2D eigenvalue weighted by Crippen LogP contribution is 2.29. The third-order valence-electron chi connectivity index (χ3n) is 4.13. The van der Waals surface area contributed by atoms with Crippen LogP contribution in [0.1, 0.15) is 42.5 Å². The first kappa shape index (κ1) is 14.2. The fraction of sp³-hybridized carbons (Fsp3) is 0.368. The van der Waals surface area contributed by atoms with Crippen molar-refractivity contribution in [1.29, 1.82) is 0 Å². The zero-order chi connectivity index (χ0) is 14.5. The minimum Gasteiger partial charge on any atom is -0.494 e. The molecule has 0 heterocycles. The van der Waals surface area contributed by atoms with Crippen molar-refractivity contribution in [1.82, 2.24) is 5.32 Å². The summed E-state index contributed by atoms with van der Waals surface area (Å²) in [4.78, 5) is 0. The topological polar surface area (TPSA) is 21.3 Å². The molecule has 0 bridgehead atoms. The molecule has 0 amide bonds. The largest absolute Gasteiger partial charge is 0.494 e. The summed E-state index contributed by atoms with van der Waals surface area (Å²) in [7, 11) is 0. The maximum atomic E-state index is 5.57. The van der Waals surface area contributed by atoms with E-state index in [0.717, 1.165) is 12.3 Å². The van der Waals surface area contributed by atoms with E-state index in [2.05, 4.69) is 47.8 Å². The van der Waals surface area contributed by atoms with Crippen molar-refractivity contribution < 1.29 is 4.74 Å². The van der Waals surface area contributed by atoms with Crippen LogP contribution in [0.3, 0.4) is 0 Å². The van der Waals surface area contributed by atoms with Crippen molar-refractivity contribution in [3.05, 3.63) is 65.2 Å². The molecule has 2 aromatic carbocycles. The van der Waals surface area contributed by atoms with E-state index in [1.165, 1.54) is 36.0 Å². The number of hydrogen-bond acceptors (Lipinski definition) is 2. The van der Waals surface area contributed by atoms with Crippen LogP contribution in [0.5, 0.6) is 5.75 Å². The molecular formula is C19H23NO. The average molecular weight is 281 g/mol. The third kappa shape index (κ3) is 3.45. The Hall–Kier alpha value is -1.80. The van der Waals surface area contributed by atoms with Crippen LogP contribution in [0.2, 0.25) is 0 Å². The summed E-state index contributed by atoms with van der Waals surface area (Å²) < 4.78 is 5.57. The molecule has 1 aliphatic rings. The van der Waals surface area contributed by atoms with Crippen molar-refractivity contribution in [3.63, 3.8) is 0 Å². The van der Waals surface area contributed by atoms with Crippen LogP contribution in [0.4, 0.5) is 0 Å². The van der Waals surface area contributed by atoms with E-state index in [1.807, 2.05) is 13.0 Å². The summed E-state index contributed by atoms with van der Waals surface area (Å²) in [5.74, 6) is 0.959. The molecule has 0 spiro atoms. The Morgan fingerprint density at radius 2 is 2.05 bits per heavy atom. The van der Waals surface area contributed by atoms with E-state index in [-0.39, 0.29) is 0 Å². The minimum atomic E-state index is 0.477. The maximum absolute atomic E-state index is 5.57. The Bertz CT molecular complexity index is 594. The Balaban J connectivity index is 1.67. The molecule has 1 aliphatic carbocycles. The molecule has 0 saturated carbocycles. The summed E-state index contributed by atoms with van der Waals surface area (Å²) in [6, 6.07) is 17.7. The summed E-state index contributed by atoms with van der Waals surface area (Å²) in [5, 5.41) is 3.71. The Morgan fingerprint density at radius 1 is 1.14 bits per heavy atom. The molecule has 1 unspecified atom stereocenters. The Labute approximate surface area is 127 Å². The number of rotatable bonds is 5. The van der Waals surface area contributed by atoms with Gasteiger partial charge in [0.15, 0.2) is 0 Å². The molecule has 0 aromatic heterocycles. The van der Waals surface area contributed by atoms with E-state index >= 15 is 0 Å². The van der Waals surface area contributed by atoms with Crippen molar-refractivity contribution in [3.8, 4) is 5.75 Å².